The van der Waals surface area contributed by atoms with Crippen molar-refractivity contribution in [2.45, 2.75) is 38.6 Å². The van der Waals surface area contributed by atoms with Crippen LogP contribution >= 0.6 is 23.7 Å². The normalized spacial score (nSPS) is 17.8. The van der Waals surface area contributed by atoms with Gasteiger partial charge in [0.25, 0.3) is 5.91 Å². The van der Waals surface area contributed by atoms with Gasteiger partial charge < -0.3 is 10.2 Å². The van der Waals surface area contributed by atoms with Gasteiger partial charge in [0.05, 0.1) is 5.69 Å². The number of halogens is 1. The Balaban J connectivity index is 0.00000196. The van der Waals surface area contributed by atoms with Crippen LogP contribution in [0.2, 0.25) is 0 Å². The van der Waals surface area contributed by atoms with Gasteiger partial charge in [0.15, 0.2) is 10.8 Å². The zero-order valence-electron chi connectivity index (χ0n) is 14.9. The molecule has 0 aromatic carbocycles. The number of nitrogens with zero attached hydrogens (tertiary/aromatic N) is 4. The summed E-state index contributed by atoms with van der Waals surface area (Å²) in [5.74, 6) is 1.58. The maximum Gasteiger partial charge on any atom is 0.265 e. The van der Waals surface area contributed by atoms with Crippen LogP contribution in [0.3, 0.4) is 0 Å². The molecule has 2 aliphatic rings. The third kappa shape index (κ3) is 4.39. The predicted molar refractivity (Wildman–Crippen MR) is 105 cm³/mol. The second-order valence-electron chi connectivity index (χ2n) is 6.92. The van der Waals surface area contributed by atoms with Gasteiger partial charge in [-0.15, -0.1) is 23.7 Å². The summed E-state index contributed by atoms with van der Waals surface area (Å²) in [5, 5.41) is 4.37. The number of hydrogen-bond acceptors (Lipinski definition) is 6. The van der Waals surface area contributed by atoms with E-state index in [4.69, 9.17) is 0 Å². The van der Waals surface area contributed by atoms with E-state index in [2.05, 4.69) is 20.3 Å². The highest BCUT2D eigenvalue weighted by molar-refractivity contribution is 7.17. The lowest BCUT2D eigenvalue weighted by Gasteiger charge is -2.32. The molecule has 3 heterocycles. The van der Waals surface area contributed by atoms with E-state index >= 15 is 0 Å². The van der Waals surface area contributed by atoms with Crippen LogP contribution in [0.15, 0.2) is 18.5 Å². The third-order valence-electron chi connectivity index (χ3n) is 4.92. The summed E-state index contributed by atoms with van der Waals surface area (Å²) in [6.45, 7) is 4.67. The molecule has 1 aliphatic heterocycles. The number of carbonyl (C=O) groups excluding carboxylic acids is 1. The Morgan fingerprint density at radius 2 is 1.92 bits per heavy atom. The minimum Gasteiger partial charge on any atom is -0.338 e. The Hall–Kier alpha value is -1.57. The van der Waals surface area contributed by atoms with Gasteiger partial charge in [0.2, 0.25) is 0 Å². The van der Waals surface area contributed by atoms with Crippen LogP contribution < -0.4 is 5.32 Å². The molecule has 140 valence electrons. The zero-order valence-corrected chi connectivity index (χ0v) is 16.5. The standard InChI is InChI=1S/C18H23N5OS.ClH/c1-12-15(25-17(22-12)16-19-7-2-8-20-16)18(24)23-9-5-14(6-10-23)21-11-13-3-4-13;/h2,7-8,13-14,21H,3-6,9-11H2,1H3;1H. The monoisotopic (exact) mass is 393 g/mol. The topological polar surface area (TPSA) is 71.0 Å². The average molecular weight is 394 g/mol. The fourth-order valence-corrected chi connectivity index (χ4v) is 4.17. The quantitative estimate of drug-likeness (QED) is 0.845. The Morgan fingerprint density at radius 1 is 1.23 bits per heavy atom. The van der Waals surface area contributed by atoms with E-state index < -0.39 is 0 Å². The molecule has 0 bridgehead atoms. The smallest absolute Gasteiger partial charge is 0.265 e. The van der Waals surface area contributed by atoms with Crippen molar-refractivity contribution in [3.8, 4) is 10.8 Å². The van der Waals surface area contributed by atoms with Crippen molar-refractivity contribution >= 4 is 29.7 Å². The molecule has 2 fully saturated rings. The first-order chi connectivity index (χ1) is 12.2. The first-order valence-corrected chi connectivity index (χ1v) is 9.80. The summed E-state index contributed by atoms with van der Waals surface area (Å²) >= 11 is 1.39. The van der Waals surface area contributed by atoms with Gasteiger partial charge >= 0.3 is 0 Å². The van der Waals surface area contributed by atoms with Gasteiger partial charge in [-0.3, -0.25) is 4.79 Å². The second-order valence-corrected chi connectivity index (χ2v) is 7.92. The first kappa shape index (κ1) is 19.2. The van der Waals surface area contributed by atoms with Gasteiger partial charge in [-0.2, -0.15) is 0 Å². The Morgan fingerprint density at radius 3 is 2.58 bits per heavy atom. The van der Waals surface area contributed by atoms with Crippen LogP contribution in [-0.2, 0) is 0 Å². The molecule has 4 rings (SSSR count). The number of aromatic nitrogens is 3. The van der Waals surface area contributed by atoms with Crippen LogP contribution in [-0.4, -0.2) is 51.4 Å². The van der Waals surface area contributed by atoms with Crippen molar-refractivity contribution in [1.82, 2.24) is 25.2 Å². The van der Waals surface area contributed by atoms with Gasteiger partial charge in [-0.05, 0) is 51.1 Å². The highest BCUT2D eigenvalue weighted by Crippen LogP contribution is 2.29. The van der Waals surface area contributed by atoms with E-state index in [9.17, 15) is 4.79 Å². The highest BCUT2D eigenvalue weighted by atomic mass is 35.5. The van der Waals surface area contributed by atoms with Crippen molar-refractivity contribution in [1.29, 1.82) is 0 Å². The molecule has 8 heteroatoms. The van der Waals surface area contributed by atoms with E-state index in [1.54, 1.807) is 18.5 Å². The molecule has 2 aromatic rings. The fourth-order valence-electron chi connectivity index (χ4n) is 3.19. The number of likely N-dealkylation sites (tertiary alicyclic amines) is 1. The molecular formula is C18H24ClN5OS. The van der Waals surface area contributed by atoms with Crippen molar-refractivity contribution in [3.63, 3.8) is 0 Å². The minimum atomic E-state index is 0. The Kier molecular flexibility index (Phi) is 6.21. The lowest BCUT2D eigenvalue weighted by atomic mass is 10.0. The van der Waals surface area contributed by atoms with Crippen LogP contribution in [0, 0.1) is 12.8 Å². The number of carbonyl (C=O) groups is 1. The summed E-state index contributed by atoms with van der Waals surface area (Å²) in [5.41, 5.74) is 0.770. The van der Waals surface area contributed by atoms with Crippen molar-refractivity contribution in [3.05, 3.63) is 29.0 Å². The van der Waals surface area contributed by atoms with Crippen molar-refractivity contribution in [2.24, 2.45) is 5.92 Å². The van der Waals surface area contributed by atoms with E-state index in [0.717, 1.165) is 44.1 Å². The molecule has 1 saturated carbocycles. The molecule has 1 amide bonds. The van der Waals surface area contributed by atoms with Gasteiger partial charge in [-0.1, -0.05) is 0 Å². The maximum absolute atomic E-state index is 12.9. The van der Waals surface area contributed by atoms with Crippen LogP contribution in [0.4, 0.5) is 0 Å². The van der Waals surface area contributed by atoms with E-state index in [0.29, 0.717) is 21.8 Å². The third-order valence-corrected chi connectivity index (χ3v) is 6.06. The fraction of sp³-hybridized carbons (Fsp3) is 0.556. The molecule has 26 heavy (non-hydrogen) atoms. The largest absolute Gasteiger partial charge is 0.338 e. The molecule has 1 aliphatic carbocycles. The number of amides is 1. The van der Waals surface area contributed by atoms with Gasteiger partial charge in [0.1, 0.15) is 4.88 Å². The molecule has 2 aromatic heterocycles. The lowest BCUT2D eigenvalue weighted by Crippen LogP contribution is -2.45. The maximum atomic E-state index is 12.9. The molecule has 0 atom stereocenters. The van der Waals surface area contributed by atoms with Crippen LogP contribution in [0.1, 0.15) is 41.0 Å². The summed E-state index contributed by atoms with van der Waals surface area (Å²) in [4.78, 5) is 28.5. The predicted octanol–water partition coefficient (Wildman–Crippen LogP) is 2.93. The average Bonchev–Trinajstić information content (AvgIpc) is 3.41. The number of piperidine rings is 1. The zero-order chi connectivity index (χ0) is 17.2. The number of aryl methyl sites for hydroxylation is 1. The number of hydrogen-bond donors (Lipinski definition) is 1. The summed E-state index contributed by atoms with van der Waals surface area (Å²) in [6.07, 6.45) is 8.21. The summed E-state index contributed by atoms with van der Waals surface area (Å²) in [7, 11) is 0. The Labute approximate surface area is 163 Å². The first-order valence-electron chi connectivity index (χ1n) is 8.98. The SMILES string of the molecule is Cc1nc(-c2ncccn2)sc1C(=O)N1CCC(NCC2CC2)CC1.Cl. The molecule has 1 N–H and O–H groups in total. The summed E-state index contributed by atoms with van der Waals surface area (Å²) < 4.78 is 0. The van der Waals surface area contributed by atoms with Crippen LogP contribution in [0.25, 0.3) is 10.8 Å². The molecule has 0 spiro atoms. The lowest BCUT2D eigenvalue weighted by molar-refractivity contribution is 0.0709. The Bertz CT molecular complexity index is 741. The van der Waals surface area contributed by atoms with Crippen molar-refractivity contribution in [2.75, 3.05) is 19.6 Å². The number of nitrogens with one attached hydrogen (secondary N) is 1. The van der Waals surface area contributed by atoms with Crippen LogP contribution in [0.5, 0.6) is 0 Å². The minimum absolute atomic E-state index is 0. The van der Waals surface area contributed by atoms with E-state index in [1.165, 1.54) is 24.2 Å². The number of thiazole rings is 1. The summed E-state index contributed by atoms with van der Waals surface area (Å²) in [6, 6.07) is 2.33. The highest BCUT2D eigenvalue weighted by Gasteiger charge is 2.28. The van der Waals surface area contributed by atoms with Gasteiger partial charge in [-0.25, -0.2) is 15.0 Å². The van der Waals surface area contributed by atoms with Gasteiger partial charge in [0, 0.05) is 31.5 Å². The molecular weight excluding hydrogens is 370 g/mol. The number of rotatable bonds is 5. The van der Waals surface area contributed by atoms with Crippen molar-refractivity contribution < 1.29 is 4.79 Å². The second kappa shape index (κ2) is 8.41. The van der Waals surface area contributed by atoms with E-state index in [1.807, 2.05) is 11.8 Å². The molecule has 0 unspecified atom stereocenters. The van der Waals surface area contributed by atoms with E-state index in [-0.39, 0.29) is 18.3 Å². The molecule has 6 nitrogen and oxygen atoms in total. The molecule has 1 saturated heterocycles. The molecule has 0 radical (unpaired) electrons.